The summed E-state index contributed by atoms with van der Waals surface area (Å²) in [5.41, 5.74) is 1.60. The molecule has 2 rings (SSSR count). The van der Waals surface area contributed by atoms with Crippen LogP contribution in [0.3, 0.4) is 0 Å². The van der Waals surface area contributed by atoms with Gasteiger partial charge in [0.05, 0.1) is 16.4 Å². The number of halogens is 2. The zero-order valence-corrected chi connectivity index (χ0v) is 11.6. The third-order valence-electron chi connectivity index (χ3n) is 2.68. The molecule has 6 heteroatoms. The first-order valence-corrected chi connectivity index (χ1v) is 6.34. The molecule has 1 unspecified atom stereocenters. The molecule has 96 valence electrons. The third-order valence-corrected chi connectivity index (χ3v) is 3.11. The van der Waals surface area contributed by atoms with Gasteiger partial charge in [0.25, 0.3) is 0 Å². The molecule has 0 fully saturated rings. The van der Waals surface area contributed by atoms with E-state index in [1.165, 1.54) is 0 Å². The summed E-state index contributed by atoms with van der Waals surface area (Å²) in [6.07, 6.45) is 0. The van der Waals surface area contributed by atoms with Crippen molar-refractivity contribution < 1.29 is 4.79 Å². The summed E-state index contributed by atoms with van der Waals surface area (Å²) in [4.78, 5) is 16.0. The Labute approximate surface area is 115 Å². The molecule has 1 amide bonds. The van der Waals surface area contributed by atoms with Crippen molar-refractivity contribution in [3.63, 3.8) is 0 Å². The first-order valence-electron chi connectivity index (χ1n) is 5.53. The molecule has 0 bridgehead atoms. The first-order chi connectivity index (χ1) is 8.52. The van der Waals surface area contributed by atoms with E-state index >= 15 is 0 Å². The zero-order chi connectivity index (χ0) is 13.3. The van der Waals surface area contributed by atoms with Gasteiger partial charge in [0.15, 0.2) is 0 Å². The van der Waals surface area contributed by atoms with Gasteiger partial charge in [0.2, 0.25) is 5.91 Å². The number of hydrogen-bond acceptors (Lipinski definition) is 2. The van der Waals surface area contributed by atoms with Crippen molar-refractivity contribution in [2.45, 2.75) is 18.8 Å². The number of amides is 1. The second-order valence-electron chi connectivity index (χ2n) is 3.98. The van der Waals surface area contributed by atoms with Gasteiger partial charge in [-0.15, -0.1) is 11.6 Å². The minimum atomic E-state index is -0.277. The van der Waals surface area contributed by atoms with Crippen molar-refractivity contribution in [3.8, 4) is 0 Å². The van der Waals surface area contributed by atoms with Crippen molar-refractivity contribution >= 4 is 40.1 Å². The summed E-state index contributed by atoms with van der Waals surface area (Å²) >= 11 is 12.1. The summed E-state index contributed by atoms with van der Waals surface area (Å²) in [7, 11) is 1.60. The van der Waals surface area contributed by atoms with Gasteiger partial charge in [-0.1, -0.05) is 11.6 Å². The van der Waals surface area contributed by atoms with Crippen molar-refractivity contribution in [1.82, 2.24) is 14.9 Å². The number of nitrogens with zero attached hydrogens (tertiary/aromatic N) is 2. The summed E-state index contributed by atoms with van der Waals surface area (Å²) in [5, 5.41) is 2.91. The Kier molecular flexibility index (Phi) is 3.78. The van der Waals surface area contributed by atoms with E-state index < -0.39 is 0 Å². The summed E-state index contributed by atoms with van der Waals surface area (Å²) in [5.74, 6) is 0.561. The van der Waals surface area contributed by atoms with Crippen molar-refractivity contribution in [2.24, 2.45) is 0 Å². The maximum absolute atomic E-state index is 11.5. The topological polar surface area (TPSA) is 46.9 Å². The molecule has 0 radical (unpaired) electrons. The molecule has 4 nitrogen and oxygen atoms in total. The summed E-state index contributed by atoms with van der Waals surface area (Å²) < 4.78 is 1.79. The Morgan fingerprint density at radius 1 is 1.56 bits per heavy atom. The molecule has 18 heavy (non-hydrogen) atoms. The van der Waals surface area contributed by atoms with Crippen LogP contribution in [0.15, 0.2) is 18.2 Å². The second kappa shape index (κ2) is 5.16. The number of carbonyl (C=O) groups excluding carboxylic acids is 1. The Morgan fingerprint density at radius 2 is 2.28 bits per heavy atom. The van der Waals surface area contributed by atoms with Crippen LogP contribution in [0.25, 0.3) is 11.0 Å². The van der Waals surface area contributed by atoms with Crippen LogP contribution >= 0.6 is 23.2 Å². The molecule has 1 atom stereocenters. The second-order valence-corrected chi connectivity index (χ2v) is 5.07. The van der Waals surface area contributed by atoms with Crippen LogP contribution in [0, 0.1) is 0 Å². The number of rotatable bonds is 3. The van der Waals surface area contributed by atoms with Gasteiger partial charge < -0.3 is 9.88 Å². The van der Waals surface area contributed by atoms with Gasteiger partial charge in [-0.25, -0.2) is 4.98 Å². The number of likely N-dealkylation sites (N-methyl/N-ethyl adjacent to an activating group) is 1. The highest BCUT2D eigenvalue weighted by Crippen LogP contribution is 2.26. The molecule has 1 N–H and O–H groups in total. The van der Waals surface area contributed by atoms with Gasteiger partial charge in [0, 0.05) is 12.1 Å². The fraction of sp³-hybridized carbons (Fsp3) is 0.333. The zero-order valence-electron chi connectivity index (χ0n) is 10.1. The lowest BCUT2D eigenvalue weighted by molar-refractivity contribution is -0.121. The minimum absolute atomic E-state index is 0.104. The number of hydrogen-bond donors (Lipinski definition) is 1. The molecule has 0 aliphatic carbocycles. The maximum Gasteiger partial charge on any atom is 0.239 e. The van der Waals surface area contributed by atoms with Crippen molar-refractivity contribution in [1.29, 1.82) is 0 Å². The SMILES string of the molecule is CNC(=O)Cn1c(C(C)Cl)nc2ccc(Cl)cc21. The smallest absolute Gasteiger partial charge is 0.239 e. The summed E-state index contributed by atoms with van der Waals surface area (Å²) in [6.45, 7) is 2.00. The number of alkyl halides is 1. The molecule has 1 aromatic carbocycles. The van der Waals surface area contributed by atoms with Crippen LogP contribution in [0.4, 0.5) is 0 Å². The van der Waals surface area contributed by atoms with E-state index in [9.17, 15) is 4.79 Å². The molecule has 1 heterocycles. The monoisotopic (exact) mass is 285 g/mol. The molecule has 1 aromatic heterocycles. The largest absolute Gasteiger partial charge is 0.358 e. The van der Waals surface area contributed by atoms with E-state index in [0.29, 0.717) is 10.8 Å². The fourth-order valence-electron chi connectivity index (χ4n) is 1.81. The van der Waals surface area contributed by atoms with Gasteiger partial charge in [-0.05, 0) is 25.1 Å². The molecule has 0 spiro atoms. The van der Waals surface area contributed by atoms with Gasteiger partial charge in [-0.3, -0.25) is 4.79 Å². The molecular weight excluding hydrogens is 273 g/mol. The normalized spacial score (nSPS) is 12.7. The fourth-order valence-corrected chi connectivity index (χ4v) is 2.14. The molecule has 0 saturated carbocycles. The van der Waals surface area contributed by atoms with Gasteiger partial charge in [-0.2, -0.15) is 0 Å². The highest BCUT2D eigenvalue weighted by Gasteiger charge is 2.16. The van der Waals surface area contributed by atoms with E-state index in [0.717, 1.165) is 11.0 Å². The molecule has 0 aliphatic heterocycles. The average Bonchev–Trinajstić information content (AvgIpc) is 2.67. The van der Waals surface area contributed by atoms with E-state index in [-0.39, 0.29) is 17.8 Å². The number of fused-ring (bicyclic) bond motifs is 1. The summed E-state index contributed by atoms with van der Waals surface area (Å²) in [6, 6.07) is 5.38. The minimum Gasteiger partial charge on any atom is -0.358 e. The van der Waals surface area contributed by atoms with Gasteiger partial charge in [0.1, 0.15) is 12.4 Å². The van der Waals surface area contributed by atoms with Crippen LogP contribution in [-0.4, -0.2) is 22.5 Å². The number of carbonyl (C=O) groups is 1. The Balaban J connectivity index is 2.60. The predicted molar refractivity (Wildman–Crippen MR) is 73.1 cm³/mol. The van der Waals surface area contributed by atoms with E-state index in [1.807, 2.05) is 13.0 Å². The van der Waals surface area contributed by atoms with Crippen molar-refractivity contribution in [2.75, 3.05) is 7.05 Å². The van der Waals surface area contributed by atoms with E-state index in [1.54, 1.807) is 23.7 Å². The van der Waals surface area contributed by atoms with Crippen LogP contribution in [0.2, 0.25) is 5.02 Å². The van der Waals surface area contributed by atoms with Crippen LogP contribution in [0.1, 0.15) is 18.1 Å². The lowest BCUT2D eigenvalue weighted by Gasteiger charge is -2.09. The Bertz CT molecular complexity index is 592. The third kappa shape index (κ3) is 2.44. The number of nitrogens with one attached hydrogen (secondary N) is 1. The van der Waals surface area contributed by atoms with Crippen molar-refractivity contribution in [3.05, 3.63) is 29.0 Å². The van der Waals surface area contributed by atoms with E-state index in [4.69, 9.17) is 23.2 Å². The molecule has 2 aromatic rings. The quantitative estimate of drug-likeness (QED) is 0.882. The van der Waals surface area contributed by atoms with Crippen LogP contribution < -0.4 is 5.32 Å². The van der Waals surface area contributed by atoms with E-state index in [2.05, 4.69) is 10.3 Å². The first kappa shape index (κ1) is 13.2. The van der Waals surface area contributed by atoms with Gasteiger partial charge >= 0.3 is 0 Å². The molecular formula is C12H13Cl2N3O. The number of aromatic nitrogens is 2. The lowest BCUT2D eigenvalue weighted by Crippen LogP contribution is -2.24. The number of imidazole rings is 1. The molecule has 0 aliphatic rings. The number of benzene rings is 1. The predicted octanol–water partition coefficient (Wildman–Crippen LogP) is 2.74. The average molecular weight is 286 g/mol. The highest BCUT2D eigenvalue weighted by atomic mass is 35.5. The van der Waals surface area contributed by atoms with Crippen LogP contribution in [-0.2, 0) is 11.3 Å². The Hall–Kier alpha value is -1.26. The maximum atomic E-state index is 11.5. The highest BCUT2D eigenvalue weighted by molar-refractivity contribution is 6.31. The molecule has 0 saturated heterocycles. The Morgan fingerprint density at radius 3 is 2.89 bits per heavy atom. The van der Waals surface area contributed by atoms with Crippen LogP contribution in [0.5, 0.6) is 0 Å². The lowest BCUT2D eigenvalue weighted by atomic mass is 10.3. The standard InChI is InChI=1S/C12H13Cl2N3O/c1-7(13)12-16-9-4-3-8(14)5-10(9)17(12)6-11(18)15-2/h3-5,7H,6H2,1-2H3,(H,15,18).